The molecule has 1 atom stereocenters. The Balaban J connectivity index is 2.57. The van der Waals surface area contributed by atoms with Crippen molar-refractivity contribution in [2.45, 2.75) is 58.2 Å². The lowest BCUT2D eigenvalue weighted by Crippen LogP contribution is -2.22. The minimum absolute atomic E-state index is 0.0670. The van der Waals surface area contributed by atoms with Gasteiger partial charge in [0.25, 0.3) is 0 Å². The summed E-state index contributed by atoms with van der Waals surface area (Å²) in [5.74, 6) is -0.163. The average molecular weight is 249 g/mol. The minimum atomic E-state index is -4.47. The molecule has 0 aromatic carbocycles. The van der Waals surface area contributed by atoms with Crippen LogP contribution in [-0.4, -0.2) is 15.0 Å². The van der Waals surface area contributed by atoms with Gasteiger partial charge in [-0.2, -0.15) is 4.68 Å². The Morgan fingerprint density at radius 2 is 2.00 bits per heavy atom. The molecule has 17 heavy (non-hydrogen) atoms. The Kier molecular flexibility index (Phi) is 4.96. The molecule has 0 N–H and O–H groups in total. The summed E-state index contributed by atoms with van der Waals surface area (Å²) < 4.78 is 37.7. The van der Waals surface area contributed by atoms with E-state index in [1.54, 1.807) is 6.92 Å². The van der Waals surface area contributed by atoms with Gasteiger partial charge in [0.2, 0.25) is 0 Å². The van der Waals surface area contributed by atoms with Gasteiger partial charge in [0.05, 0.1) is 11.9 Å². The minimum Gasteiger partial charge on any atom is -0.155 e. The predicted octanol–water partition coefficient (Wildman–Crippen LogP) is 3.83. The molecule has 98 valence electrons. The third kappa shape index (κ3) is 4.02. The normalized spacial score (nSPS) is 13.9. The molecule has 0 fully saturated rings. The zero-order valence-electron chi connectivity index (χ0n) is 10.2. The molecule has 0 aliphatic rings. The third-order valence-electron chi connectivity index (χ3n) is 2.81. The Hall–Kier alpha value is -1.07. The summed E-state index contributed by atoms with van der Waals surface area (Å²) in [5, 5.41) is 6.44. The molecule has 1 heterocycles. The number of hydrogen-bond donors (Lipinski definition) is 0. The first-order valence-electron chi connectivity index (χ1n) is 5.94. The van der Waals surface area contributed by atoms with E-state index in [9.17, 15) is 13.2 Å². The highest BCUT2D eigenvalue weighted by Crippen LogP contribution is 2.28. The van der Waals surface area contributed by atoms with E-state index in [-0.39, 0.29) is 16.3 Å². The summed E-state index contributed by atoms with van der Waals surface area (Å²) in [7, 11) is 0. The van der Waals surface area contributed by atoms with E-state index < -0.39 is 6.30 Å². The van der Waals surface area contributed by atoms with Crippen molar-refractivity contribution in [3.05, 3.63) is 11.9 Å². The van der Waals surface area contributed by atoms with Crippen molar-refractivity contribution in [2.24, 2.45) is 0 Å². The van der Waals surface area contributed by atoms with E-state index in [2.05, 4.69) is 17.2 Å². The fraction of sp³-hybridized carbons (Fsp3) is 0.818. The topological polar surface area (TPSA) is 30.7 Å². The lowest BCUT2D eigenvalue weighted by atomic mass is 10.00. The van der Waals surface area contributed by atoms with Gasteiger partial charge in [-0.25, -0.2) is 0 Å². The fourth-order valence-electron chi connectivity index (χ4n) is 1.80. The molecule has 1 aromatic heterocycles. The van der Waals surface area contributed by atoms with Gasteiger partial charge in [-0.05, 0) is 6.42 Å². The number of nitrogens with zero attached hydrogens (tertiary/aromatic N) is 3. The first-order valence-corrected chi connectivity index (χ1v) is 5.94. The van der Waals surface area contributed by atoms with Crippen molar-refractivity contribution in [3.8, 4) is 0 Å². The van der Waals surface area contributed by atoms with Crippen LogP contribution in [0.3, 0.4) is 0 Å². The Labute approximate surface area is 99.0 Å². The number of aromatic nitrogens is 3. The van der Waals surface area contributed by atoms with Crippen molar-refractivity contribution < 1.29 is 13.2 Å². The van der Waals surface area contributed by atoms with Gasteiger partial charge in [-0.15, -0.1) is 18.3 Å². The van der Waals surface area contributed by atoms with Crippen LogP contribution in [-0.2, 0) is 6.30 Å². The summed E-state index contributed by atoms with van der Waals surface area (Å²) in [6.45, 7) is 3.89. The maximum atomic E-state index is 12.5. The standard InChI is InChI=1S/C11H18F3N3/c1-3-4-5-6-7-9(2)10-8-15-16-17(10)11(12,13)14/h8-9H,3-7H2,1-2H3. The SMILES string of the molecule is CCCCCCC(C)c1cnnn1C(F)(F)F. The molecule has 0 aliphatic carbocycles. The van der Waals surface area contributed by atoms with E-state index in [1.165, 1.54) is 6.20 Å². The van der Waals surface area contributed by atoms with E-state index in [1.807, 2.05) is 0 Å². The third-order valence-corrected chi connectivity index (χ3v) is 2.81. The maximum absolute atomic E-state index is 12.5. The molecule has 0 saturated carbocycles. The summed E-state index contributed by atoms with van der Waals surface area (Å²) in [5.41, 5.74) is 0.147. The van der Waals surface area contributed by atoms with Crippen LogP contribution in [0.4, 0.5) is 13.2 Å². The van der Waals surface area contributed by atoms with Gasteiger partial charge in [-0.1, -0.05) is 44.7 Å². The van der Waals surface area contributed by atoms with Crippen LogP contribution in [0.5, 0.6) is 0 Å². The molecular formula is C11H18F3N3. The number of halogens is 3. The van der Waals surface area contributed by atoms with Crippen LogP contribution >= 0.6 is 0 Å². The zero-order valence-corrected chi connectivity index (χ0v) is 10.2. The summed E-state index contributed by atoms with van der Waals surface area (Å²) in [6.07, 6.45) is 1.73. The lowest BCUT2D eigenvalue weighted by molar-refractivity contribution is -0.215. The van der Waals surface area contributed by atoms with E-state index in [0.29, 0.717) is 0 Å². The van der Waals surface area contributed by atoms with Crippen LogP contribution < -0.4 is 0 Å². The highest BCUT2D eigenvalue weighted by molar-refractivity contribution is 5.02. The van der Waals surface area contributed by atoms with Crippen molar-refractivity contribution in [1.29, 1.82) is 0 Å². The summed E-state index contributed by atoms with van der Waals surface area (Å²) in [6, 6.07) is 0. The molecule has 1 rings (SSSR count). The molecule has 0 radical (unpaired) electrons. The number of rotatable bonds is 6. The molecule has 6 heteroatoms. The van der Waals surface area contributed by atoms with Gasteiger partial charge in [0.15, 0.2) is 0 Å². The maximum Gasteiger partial charge on any atom is 0.506 e. The van der Waals surface area contributed by atoms with E-state index >= 15 is 0 Å². The van der Waals surface area contributed by atoms with Crippen LogP contribution in [0, 0.1) is 0 Å². The van der Waals surface area contributed by atoms with Gasteiger partial charge in [0.1, 0.15) is 0 Å². The largest absolute Gasteiger partial charge is 0.506 e. The van der Waals surface area contributed by atoms with E-state index in [4.69, 9.17) is 0 Å². The lowest BCUT2D eigenvalue weighted by Gasteiger charge is -2.14. The Bertz CT molecular complexity index is 333. The predicted molar refractivity (Wildman–Crippen MR) is 58.5 cm³/mol. The van der Waals surface area contributed by atoms with Crippen molar-refractivity contribution >= 4 is 0 Å². The van der Waals surface area contributed by atoms with Gasteiger partial charge in [0, 0.05) is 5.92 Å². The van der Waals surface area contributed by atoms with Gasteiger partial charge < -0.3 is 0 Å². The summed E-state index contributed by atoms with van der Waals surface area (Å²) >= 11 is 0. The monoisotopic (exact) mass is 249 g/mol. The second kappa shape index (κ2) is 6.02. The molecule has 0 amide bonds. The molecule has 0 saturated heterocycles. The summed E-state index contributed by atoms with van der Waals surface area (Å²) in [4.78, 5) is 0. The van der Waals surface area contributed by atoms with Crippen molar-refractivity contribution in [3.63, 3.8) is 0 Å². The molecular weight excluding hydrogens is 231 g/mol. The smallest absolute Gasteiger partial charge is 0.155 e. The average Bonchev–Trinajstić information content (AvgIpc) is 2.72. The number of alkyl halides is 3. The first-order chi connectivity index (χ1) is 7.96. The van der Waals surface area contributed by atoms with Crippen LogP contribution in [0.15, 0.2) is 6.20 Å². The zero-order chi connectivity index (χ0) is 12.9. The van der Waals surface area contributed by atoms with Crippen LogP contribution in [0.25, 0.3) is 0 Å². The highest BCUT2D eigenvalue weighted by Gasteiger charge is 2.35. The molecule has 1 unspecified atom stereocenters. The second-order valence-electron chi connectivity index (χ2n) is 4.29. The highest BCUT2D eigenvalue weighted by atomic mass is 19.4. The van der Waals surface area contributed by atoms with Gasteiger partial charge in [-0.3, -0.25) is 0 Å². The Morgan fingerprint density at radius 1 is 1.29 bits per heavy atom. The first kappa shape index (κ1) is 14.0. The second-order valence-corrected chi connectivity index (χ2v) is 4.29. The van der Waals surface area contributed by atoms with Crippen molar-refractivity contribution in [1.82, 2.24) is 15.0 Å². The van der Waals surface area contributed by atoms with Gasteiger partial charge >= 0.3 is 6.30 Å². The molecule has 0 spiro atoms. The fourth-order valence-corrected chi connectivity index (χ4v) is 1.80. The number of hydrogen-bond acceptors (Lipinski definition) is 2. The molecule has 0 bridgehead atoms. The molecule has 1 aromatic rings. The quantitative estimate of drug-likeness (QED) is 0.717. The van der Waals surface area contributed by atoms with Crippen LogP contribution in [0.1, 0.15) is 57.6 Å². The van der Waals surface area contributed by atoms with Crippen LogP contribution in [0.2, 0.25) is 0 Å². The Morgan fingerprint density at radius 3 is 2.59 bits per heavy atom. The molecule has 3 nitrogen and oxygen atoms in total. The van der Waals surface area contributed by atoms with E-state index in [0.717, 1.165) is 32.1 Å². The van der Waals surface area contributed by atoms with Crippen molar-refractivity contribution in [2.75, 3.05) is 0 Å². The molecule has 0 aliphatic heterocycles. The number of unbranched alkanes of at least 4 members (excludes halogenated alkanes) is 3.